The lowest BCUT2D eigenvalue weighted by Crippen LogP contribution is -2.54. The zero-order chi connectivity index (χ0) is 92.1. The van der Waals surface area contributed by atoms with Gasteiger partial charge in [0.15, 0.2) is 5.78 Å². The van der Waals surface area contributed by atoms with E-state index in [9.17, 15) is 61.9 Å². The van der Waals surface area contributed by atoms with Crippen molar-refractivity contribution in [3.05, 3.63) is 244 Å². The molecule has 10 aliphatic rings. The third-order valence-corrected chi connectivity index (χ3v) is 27.2. The molecule has 32 heteroatoms. The van der Waals surface area contributed by atoms with Gasteiger partial charge in [0.2, 0.25) is 23.6 Å². The topological polar surface area (TPSA) is 382 Å². The van der Waals surface area contributed by atoms with Crippen molar-refractivity contribution in [1.29, 1.82) is 0 Å². The van der Waals surface area contributed by atoms with Crippen molar-refractivity contribution < 1.29 is 71.4 Å². The van der Waals surface area contributed by atoms with E-state index in [1.165, 1.54) is 17.3 Å². The quantitative estimate of drug-likeness (QED) is 0.0287. The summed E-state index contributed by atoms with van der Waals surface area (Å²) in [4.78, 5) is 163. The molecule has 2 aromatic heterocycles. The number of nitrogens with one attached hydrogen (secondary N) is 4. The maximum Gasteiger partial charge on any atom is 0.262 e. The van der Waals surface area contributed by atoms with E-state index in [1.54, 1.807) is 12.1 Å². The third-order valence-electron chi connectivity index (χ3n) is 27.2. The number of amides is 10. The Morgan fingerprint density at radius 3 is 1.29 bits per heavy atom. The number of para-hydroxylation sites is 2. The van der Waals surface area contributed by atoms with E-state index in [0.29, 0.717) is 108 Å². The molecular weight excluding hydrogens is 1690 g/mol. The van der Waals surface area contributed by atoms with E-state index >= 15 is 0 Å². The van der Waals surface area contributed by atoms with Crippen LogP contribution in [0.3, 0.4) is 0 Å². The molecule has 11 heterocycles. The van der Waals surface area contributed by atoms with Gasteiger partial charge in [0.25, 0.3) is 35.4 Å². The molecule has 2 unspecified atom stereocenters. The van der Waals surface area contributed by atoms with Gasteiger partial charge >= 0.3 is 0 Å². The van der Waals surface area contributed by atoms with Crippen LogP contribution in [0.25, 0.3) is 22.5 Å². The van der Waals surface area contributed by atoms with Crippen molar-refractivity contribution in [3.8, 4) is 45.5 Å². The molecule has 8 N–H and O–H groups in total. The number of anilines is 5. The lowest BCUT2D eigenvalue weighted by atomic mass is 9.86. The molecule has 6 fully saturated rings. The first kappa shape index (κ1) is 88.9. The predicted octanol–water partition coefficient (Wildman–Crippen LogP) is 11.6. The van der Waals surface area contributed by atoms with Gasteiger partial charge in [-0.15, -0.1) is 0 Å². The number of nitrogens with zero attached hydrogens (tertiary/aromatic N) is 11. The van der Waals surface area contributed by atoms with Gasteiger partial charge in [0, 0.05) is 145 Å². The minimum atomic E-state index is -1.02. The van der Waals surface area contributed by atoms with Crippen molar-refractivity contribution in [1.82, 2.24) is 49.8 Å². The fourth-order valence-corrected chi connectivity index (χ4v) is 20.0. The molecule has 10 aromatic rings. The highest BCUT2D eigenvalue weighted by molar-refractivity contribution is 6.25. The van der Waals surface area contributed by atoms with E-state index < -0.39 is 65.2 Å². The Hall–Kier alpha value is -14.7. The molecule has 5 saturated heterocycles. The molecule has 1 saturated carbocycles. The highest BCUT2D eigenvalue weighted by Gasteiger charge is 2.48. The van der Waals surface area contributed by atoms with E-state index in [1.807, 2.05) is 134 Å². The van der Waals surface area contributed by atoms with Crippen LogP contribution in [0.15, 0.2) is 194 Å². The van der Waals surface area contributed by atoms with Gasteiger partial charge in [-0.3, -0.25) is 72.7 Å². The maximum absolute atomic E-state index is 13.5. The van der Waals surface area contributed by atoms with Crippen LogP contribution in [-0.4, -0.2) is 214 Å². The Bertz CT molecular complexity index is 6120. The minimum Gasteiger partial charge on any atom is -0.457 e. The van der Waals surface area contributed by atoms with Gasteiger partial charge in [0.05, 0.1) is 46.8 Å². The highest BCUT2D eigenvalue weighted by Crippen LogP contribution is 2.44. The van der Waals surface area contributed by atoms with Crippen LogP contribution in [-0.2, 0) is 41.6 Å². The number of aromatic nitrogens is 4. The molecule has 0 spiro atoms. The normalized spacial score (nSPS) is 19.7. The first-order chi connectivity index (χ1) is 64.6. The van der Waals surface area contributed by atoms with Gasteiger partial charge in [-0.1, -0.05) is 60.7 Å². The van der Waals surface area contributed by atoms with E-state index in [0.717, 1.165) is 178 Å². The smallest absolute Gasteiger partial charge is 0.262 e. The summed E-state index contributed by atoms with van der Waals surface area (Å²) in [6, 6.07) is 58.3. The number of piperidine rings is 3. The number of aryl methyl sites for hydroxylation is 2. The van der Waals surface area contributed by atoms with Crippen LogP contribution in [0.4, 0.5) is 33.1 Å². The van der Waals surface area contributed by atoms with Crippen molar-refractivity contribution in [2.75, 3.05) is 117 Å². The molecule has 684 valence electrons. The number of carbonyl (C=O) groups is 12. The fraction of sp³-hybridized carbons (Fsp3) is 0.347. The Labute approximate surface area is 767 Å². The summed E-state index contributed by atoms with van der Waals surface area (Å²) in [5.41, 5.74) is 21.5. The number of carbonyl (C=O) groups excluding carboxylic acids is 12. The number of piperazine rings is 2. The summed E-state index contributed by atoms with van der Waals surface area (Å²) in [5.74, 6) is -0.365. The second-order valence-electron chi connectivity index (χ2n) is 35.3. The summed E-state index contributed by atoms with van der Waals surface area (Å²) in [6.07, 6.45) is 7.90. The zero-order valence-electron chi connectivity index (χ0n) is 73.6. The molecular formula is C101H104FN17O14. The van der Waals surface area contributed by atoms with Gasteiger partial charge < -0.3 is 61.4 Å². The van der Waals surface area contributed by atoms with Gasteiger partial charge in [0.1, 0.15) is 74.8 Å². The molecule has 0 bridgehead atoms. The van der Waals surface area contributed by atoms with Crippen LogP contribution in [0, 0.1) is 17.7 Å². The fourth-order valence-electron chi connectivity index (χ4n) is 20.0. The Morgan fingerprint density at radius 1 is 0.414 bits per heavy atom. The number of hydrogen-bond donors (Lipinski definition) is 6. The molecule has 8 aromatic carbocycles. The van der Waals surface area contributed by atoms with Gasteiger partial charge in [-0.05, 0) is 221 Å². The van der Waals surface area contributed by atoms with Crippen LogP contribution >= 0.6 is 0 Å². The van der Waals surface area contributed by atoms with E-state index in [4.69, 9.17) is 31.1 Å². The number of ether oxygens (including phenoxy) is 2. The number of ketones is 2. The lowest BCUT2D eigenvalue weighted by molar-refractivity contribution is -0.137. The number of halogens is 1. The lowest BCUT2D eigenvalue weighted by Gasteiger charge is -2.38. The van der Waals surface area contributed by atoms with Crippen molar-refractivity contribution >= 4 is 99.3 Å². The number of benzene rings is 8. The van der Waals surface area contributed by atoms with Crippen LogP contribution in [0.2, 0.25) is 0 Å². The van der Waals surface area contributed by atoms with Crippen LogP contribution < -0.4 is 56.9 Å². The van der Waals surface area contributed by atoms with Crippen LogP contribution in [0.1, 0.15) is 169 Å². The Kier molecular flexibility index (Phi) is 26.2. The molecule has 4 atom stereocenters. The molecule has 1 aliphatic carbocycles. The molecule has 0 radical (unpaired) electrons. The summed E-state index contributed by atoms with van der Waals surface area (Å²) in [7, 11) is 0. The zero-order valence-corrected chi connectivity index (χ0v) is 73.6. The molecule has 133 heavy (non-hydrogen) atoms. The number of nitrogens with two attached hydrogens (primary N) is 2. The number of Topliss-reactive ketones (excluding diaryl/α,β-unsaturated/α-hetero) is 2. The number of imide groups is 3. The van der Waals surface area contributed by atoms with E-state index in [-0.39, 0.29) is 78.7 Å². The predicted molar refractivity (Wildman–Crippen MR) is 495 cm³/mol. The Morgan fingerprint density at radius 2 is 0.827 bits per heavy atom. The number of primary amides is 2. The van der Waals surface area contributed by atoms with Gasteiger partial charge in [-0.25, -0.2) is 13.8 Å². The SMILES string of the molecule is NC(=O)c1c(-c2ccc(Oc3ccccc3)cc2)nn2c1NCC[C@H]2C1CCN(C(=O)CCc2ccc(N3CCN(c4ccc5c(c4)C(=O)N(C4CCC(=O)CC4=O)C5=O)CC3)cc2)CC1.NC(=O)c1c(-c2ccc(Oc3ccccc3)cc2)nn2c1NCC[C@H]2C1CCN(C(=O)CCc2ccc(N3CCNCC3)cc2)CC1.O=C1CCC(N2C(=O)c3ccc(F)cc3C2=O)C(=O)N1. The van der Waals surface area contributed by atoms with Crippen LogP contribution in [0.5, 0.6) is 23.0 Å². The second kappa shape index (κ2) is 39.2. The summed E-state index contributed by atoms with van der Waals surface area (Å²) >= 11 is 0. The third kappa shape index (κ3) is 19.2. The number of fused-ring (bicyclic) bond motifs is 4. The van der Waals surface area contributed by atoms with Crippen molar-refractivity contribution in [2.45, 2.75) is 120 Å². The first-order valence-electron chi connectivity index (χ1n) is 45.9. The number of rotatable bonds is 21. The maximum atomic E-state index is 13.5. The highest BCUT2D eigenvalue weighted by atomic mass is 19.1. The standard InChI is InChI=1S/C51H52N8O7.C37H43N7O3.C13H9FN2O4/c52-48(63)46-47(34-9-15-39(16-10-34)66-38-4-2-1-3-5-38)54-59-42(20-23-53-49(46)59)33-21-24-57(25-22-33)45(62)19-8-32-6-11-35(12-7-32)55-26-28-56(29-27-55)36-13-17-40-41(30-36)51(65)58(50(40)64)43-18-14-37(60)31-44(43)61;38-36(46)34-35(28-9-13-31(14-10-28)47-30-4-2-1-3-5-30)41-44-32(16-19-40-37(34)44)27-17-22-43(23-18-27)33(45)15-8-26-6-11-29(12-7-26)42-24-20-39-21-25-42;14-6-1-2-7-8(5-6)13(20)16(12(7)19)9-3-4-10(17)15-11(9)18/h1-7,9-13,15-17,30,33,42-43,53H,8,14,18-29,31H2,(H2,52,63);1-7,9-14,27,32,39-40H,8,15-25H2,(H2,38,46);1-2,5,9H,3-4H2,(H,15,17,18)/t42-,43?;32-;/m00./s1. The molecule has 10 amide bonds. The minimum absolute atomic E-state index is 0.0537. The molecule has 31 nitrogen and oxygen atoms in total. The average Bonchev–Trinajstić information content (AvgIpc) is 1.62. The summed E-state index contributed by atoms with van der Waals surface area (Å²) < 4.78 is 29.0. The number of hydrogen-bond acceptors (Lipinski definition) is 22. The van der Waals surface area contributed by atoms with Crippen molar-refractivity contribution in [3.63, 3.8) is 0 Å². The monoisotopic (exact) mass is 1800 g/mol. The number of likely N-dealkylation sites (tertiary alicyclic amines) is 2. The van der Waals surface area contributed by atoms with Crippen molar-refractivity contribution in [2.24, 2.45) is 23.3 Å². The molecule has 20 rings (SSSR count). The second-order valence-corrected chi connectivity index (χ2v) is 35.3. The summed E-state index contributed by atoms with van der Waals surface area (Å²) in [6.45, 7) is 11.3. The molecule has 9 aliphatic heterocycles. The summed E-state index contributed by atoms with van der Waals surface area (Å²) in [5, 5.41) is 22.3. The largest absolute Gasteiger partial charge is 0.457 e. The first-order valence-corrected chi connectivity index (χ1v) is 45.9. The van der Waals surface area contributed by atoms with Gasteiger partial charge in [-0.2, -0.15) is 10.2 Å². The average molecular weight is 1800 g/mol. The Balaban J connectivity index is 0.000000152. The van der Waals surface area contributed by atoms with E-state index in [2.05, 4.69) is 84.5 Å².